The van der Waals surface area contributed by atoms with Gasteiger partial charge in [0, 0.05) is 0 Å². The number of alkyl carbamates (subject to hydrolysis) is 1. The molecule has 4 nitrogen and oxygen atoms in total. The zero-order valence-electron chi connectivity index (χ0n) is 13.0. The van der Waals surface area contributed by atoms with Crippen LogP contribution in [0.25, 0.3) is 0 Å². The number of aromatic hydroxyl groups is 1. The van der Waals surface area contributed by atoms with Crippen LogP contribution in [0.5, 0.6) is 5.75 Å². The number of phenols is 1. The van der Waals surface area contributed by atoms with E-state index in [9.17, 15) is 9.90 Å². The predicted molar refractivity (Wildman–Crippen MR) is 85.8 cm³/mol. The second-order valence-electron chi connectivity index (χ2n) is 6.08. The first kappa shape index (κ1) is 15.9. The molecule has 0 aliphatic carbocycles. The summed E-state index contributed by atoms with van der Waals surface area (Å²) in [4.78, 5) is 12.1. The van der Waals surface area contributed by atoms with Crippen LogP contribution in [0.15, 0.2) is 54.6 Å². The Morgan fingerprint density at radius 3 is 2.09 bits per heavy atom. The number of hydrogen-bond donors (Lipinski definition) is 2. The van der Waals surface area contributed by atoms with Crippen molar-refractivity contribution in [3.63, 3.8) is 0 Å². The summed E-state index contributed by atoms with van der Waals surface area (Å²) >= 11 is 0. The maximum Gasteiger partial charge on any atom is 0.408 e. The van der Waals surface area contributed by atoms with Gasteiger partial charge in [-0.2, -0.15) is 0 Å². The van der Waals surface area contributed by atoms with E-state index in [-0.39, 0.29) is 11.8 Å². The van der Waals surface area contributed by atoms with Gasteiger partial charge in [0.2, 0.25) is 0 Å². The van der Waals surface area contributed by atoms with E-state index in [0.717, 1.165) is 11.1 Å². The lowest BCUT2D eigenvalue weighted by molar-refractivity contribution is 0.0512. The number of phenolic OH excluding ortho intramolecular Hbond substituents is 1. The van der Waals surface area contributed by atoms with Crippen LogP contribution in [0.2, 0.25) is 0 Å². The van der Waals surface area contributed by atoms with E-state index in [1.54, 1.807) is 24.3 Å². The molecule has 2 N–H and O–H groups in total. The van der Waals surface area contributed by atoms with Crippen molar-refractivity contribution in [2.45, 2.75) is 32.4 Å². The van der Waals surface area contributed by atoms with E-state index in [1.807, 2.05) is 51.1 Å². The molecule has 2 rings (SSSR count). The summed E-state index contributed by atoms with van der Waals surface area (Å²) in [6.07, 6.45) is -0.477. The highest BCUT2D eigenvalue weighted by atomic mass is 16.6. The van der Waals surface area contributed by atoms with Gasteiger partial charge in [0.15, 0.2) is 0 Å². The van der Waals surface area contributed by atoms with Crippen LogP contribution in [-0.4, -0.2) is 16.8 Å². The predicted octanol–water partition coefficient (Wildman–Crippen LogP) is 4.01. The summed E-state index contributed by atoms with van der Waals surface area (Å²) in [7, 11) is 0. The molecule has 0 aromatic heterocycles. The van der Waals surface area contributed by atoms with E-state index in [1.165, 1.54) is 0 Å². The zero-order chi connectivity index (χ0) is 16.2. The van der Waals surface area contributed by atoms with Crippen LogP contribution in [0, 0.1) is 0 Å². The molecule has 2 aromatic carbocycles. The third-order valence-corrected chi connectivity index (χ3v) is 3.02. The molecule has 0 aliphatic heterocycles. The van der Waals surface area contributed by atoms with E-state index in [2.05, 4.69) is 5.32 Å². The number of nitrogens with one attached hydrogen (secondary N) is 1. The standard InChI is InChI=1S/C18H21NO3/c1-18(2,3)22-17(21)19-16(13-7-5-4-6-8-13)14-9-11-15(20)12-10-14/h4-12,16,20H,1-3H3,(H,19,21)/t16-/m0/s1. The van der Waals surface area contributed by atoms with Crippen molar-refractivity contribution in [2.24, 2.45) is 0 Å². The van der Waals surface area contributed by atoms with Crippen LogP contribution in [-0.2, 0) is 4.74 Å². The van der Waals surface area contributed by atoms with Gasteiger partial charge >= 0.3 is 6.09 Å². The molecular formula is C18H21NO3. The molecule has 2 aromatic rings. The van der Waals surface area contributed by atoms with E-state index in [4.69, 9.17) is 4.74 Å². The first-order valence-electron chi connectivity index (χ1n) is 7.18. The third kappa shape index (κ3) is 4.52. The van der Waals surface area contributed by atoms with Gasteiger partial charge in [-0.1, -0.05) is 42.5 Å². The summed E-state index contributed by atoms with van der Waals surface area (Å²) in [6.45, 7) is 5.47. The largest absolute Gasteiger partial charge is 0.508 e. The number of benzene rings is 2. The van der Waals surface area contributed by atoms with Gasteiger partial charge in [0.25, 0.3) is 0 Å². The fourth-order valence-electron chi connectivity index (χ4n) is 2.10. The molecular weight excluding hydrogens is 278 g/mol. The van der Waals surface area contributed by atoms with Gasteiger partial charge in [0.05, 0.1) is 6.04 Å². The van der Waals surface area contributed by atoms with Crippen LogP contribution in [0.4, 0.5) is 4.79 Å². The lowest BCUT2D eigenvalue weighted by Gasteiger charge is -2.24. The van der Waals surface area contributed by atoms with E-state index >= 15 is 0 Å². The first-order valence-corrected chi connectivity index (χ1v) is 7.18. The molecule has 0 bridgehead atoms. The van der Waals surface area contributed by atoms with E-state index < -0.39 is 11.7 Å². The van der Waals surface area contributed by atoms with Crippen molar-refractivity contribution in [3.05, 3.63) is 65.7 Å². The zero-order valence-corrected chi connectivity index (χ0v) is 13.0. The normalized spacial score (nSPS) is 12.5. The molecule has 0 saturated carbocycles. The maximum atomic E-state index is 12.1. The van der Waals surface area contributed by atoms with Crippen molar-refractivity contribution in [1.82, 2.24) is 5.32 Å². The molecule has 4 heteroatoms. The SMILES string of the molecule is CC(C)(C)OC(=O)N[C@@H](c1ccccc1)c1ccc(O)cc1. The van der Waals surface area contributed by atoms with Gasteiger partial charge in [-0.05, 0) is 44.0 Å². The van der Waals surface area contributed by atoms with Gasteiger partial charge in [-0.25, -0.2) is 4.79 Å². The smallest absolute Gasteiger partial charge is 0.408 e. The van der Waals surface area contributed by atoms with Gasteiger partial charge in [0.1, 0.15) is 11.4 Å². The Bertz CT molecular complexity index is 615. The van der Waals surface area contributed by atoms with Crippen LogP contribution < -0.4 is 5.32 Å². The molecule has 0 saturated heterocycles. The Morgan fingerprint density at radius 2 is 1.55 bits per heavy atom. The third-order valence-electron chi connectivity index (χ3n) is 3.02. The second-order valence-corrected chi connectivity index (χ2v) is 6.08. The minimum atomic E-state index is -0.555. The monoisotopic (exact) mass is 299 g/mol. The highest BCUT2D eigenvalue weighted by Crippen LogP contribution is 2.24. The van der Waals surface area contributed by atoms with Gasteiger partial charge in [-0.3, -0.25) is 0 Å². The Morgan fingerprint density at radius 1 is 1.00 bits per heavy atom. The minimum absolute atomic E-state index is 0.188. The second kappa shape index (κ2) is 6.52. The number of amides is 1. The molecule has 0 aliphatic rings. The van der Waals surface area contributed by atoms with Gasteiger partial charge < -0.3 is 15.2 Å². The first-order chi connectivity index (χ1) is 10.3. The Balaban J connectivity index is 2.26. The fourth-order valence-corrected chi connectivity index (χ4v) is 2.10. The van der Waals surface area contributed by atoms with Gasteiger partial charge in [-0.15, -0.1) is 0 Å². The topological polar surface area (TPSA) is 58.6 Å². The summed E-state index contributed by atoms with van der Waals surface area (Å²) in [6, 6.07) is 16.1. The van der Waals surface area contributed by atoms with Crippen molar-refractivity contribution in [1.29, 1.82) is 0 Å². The average Bonchev–Trinajstić information content (AvgIpc) is 2.45. The minimum Gasteiger partial charge on any atom is -0.508 e. The molecule has 0 unspecified atom stereocenters. The quantitative estimate of drug-likeness (QED) is 0.900. The Labute approximate surface area is 130 Å². The highest BCUT2D eigenvalue weighted by Gasteiger charge is 2.21. The van der Waals surface area contributed by atoms with Crippen molar-refractivity contribution < 1.29 is 14.6 Å². The molecule has 0 fully saturated rings. The van der Waals surface area contributed by atoms with Crippen LogP contribution in [0.3, 0.4) is 0 Å². The molecule has 0 radical (unpaired) electrons. The highest BCUT2D eigenvalue weighted by molar-refractivity contribution is 5.69. The van der Waals surface area contributed by atoms with Crippen molar-refractivity contribution in [2.75, 3.05) is 0 Å². The summed E-state index contributed by atoms with van der Waals surface area (Å²) in [5.41, 5.74) is 1.26. The number of carbonyl (C=O) groups is 1. The molecule has 1 atom stereocenters. The Kier molecular flexibility index (Phi) is 4.71. The molecule has 0 heterocycles. The lowest BCUT2D eigenvalue weighted by atomic mass is 9.99. The number of hydrogen-bond acceptors (Lipinski definition) is 3. The number of rotatable bonds is 3. The van der Waals surface area contributed by atoms with Crippen molar-refractivity contribution in [3.8, 4) is 5.75 Å². The number of ether oxygens (including phenoxy) is 1. The Hall–Kier alpha value is -2.49. The fraction of sp³-hybridized carbons (Fsp3) is 0.278. The van der Waals surface area contributed by atoms with Crippen LogP contribution in [0.1, 0.15) is 37.9 Å². The maximum absolute atomic E-state index is 12.1. The summed E-state index contributed by atoms with van der Waals surface area (Å²) in [5.74, 6) is 0.188. The van der Waals surface area contributed by atoms with E-state index in [0.29, 0.717) is 0 Å². The van der Waals surface area contributed by atoms with Crippen molar-refractivity contribution >= 4 is 6.09 Å². The molecule has 1 amide bonds. The number of carbonyl (C=O) groups excluding carboxylic acids is 1. The average molecular weight is 299 g/mol. The molecule has 0 spiro atoms. The molecule has 22 heavy (non-hydrogen) atoms. The summed E-state index contributed by atoms with van der Waals surface area (Å²) < 4.78 is 5.34. The lowest BCUT2D eigenvalue weighted by Crippen LogP contribution is -2.35. The molecule has 116 valence electrons. The summed E-state index contributed by atoms with van der Waals surface area (Å²) in [5, 5.41) is 12.3. The van der Waals surface area contributed by atoms with Crippen LogP contribution >= 0.6 is 0 Å².